The summed E-state index contributed by atoms with van der Waals surface area (Å²) in [5.41, 5.74) is 1.42. The number of nitriles is 1. The van der Waals surface area contributed by atoms with Crippen LogP contribution in [0.4, 0.5) is 0 Å². The number of nitrogens with zero attached hydrogens (tertiary/aromatic N) is 2. The molecule has 4 heteroatoms. The summed E-state index contributed by atoms with van der Waals surface area (Å²) < 4.78 is 0. The minimum Gasteiger partial charge on any atom is -0.390 e. The normalized spacial score (nSPS) is 10.5. The first-order valence-electron chi connectivity index (χ1n) is 8.11. The Bertz CT molecular complexity index is 589. The van der Waals surface area contributed by atoms with Crippen molar-refractivity contribution >= 4 is 5.91 Å². The first-order valence-corrected chi connectivity index (χ1v) is 8.11. The fourth-order valence-corrected chi connectivity index (χ4v) is 2.24. The highest BCUT2D eigenvalue weighted by Crippen LogP contribution is 2.04. The molecule has 0 bridgehead atoms. The van der Waals surface area contributed by atoms with Crippen molar-refractivity contribution in [3.63, 3.8) is 0 Å². The van der Waals surface area contributed by atoms with Crippen LogP contribution >= 0.6 is 0 Å². The molecule has 1 aromatic rings. The molecule has 0 aliphatic rings. The van der Waals surface area contributed by atoms with Gasteiger partial charge in [0.15, 0.2) is 0 Å². The van der Waals surface area contributed by atoms with Crippen molar-refractivity contribution < 1.29 is 4.79 Å². The highest BCUT2D eigenvalue weighted by Gasteiger charge is 2.15. The Kier molecular flexibility index (Phi) is 9.40. The van der Waals surface area contributed by atoms with Gasteiger partial charge < -0.3 is 10.2 Å². The Balaban J connectivity index is 2.39. The van der Waals surface area contributed by atoms with Crippen LogP contribution in [-0.4, -0.2) is 30.4 Å². The van der Waals surface area contributed by atoms with E-state index in [9.17, 15) is 10.1 Å². The lowest BCUT2D eigenvalue weighted by molar-refractivity contribution is -0.125. The lowest BCUT2D eigenvalue weighted by atomic mass is 10.1. The average Bonchev–Trinajstić information content (AvgIpc) is 2.61. The molecule has 1 aromatic carbocycles. The van der Waals surface area contributed by atoms with Crippen molar-refractivity contribution in [2.75, 3.05) is 19.6 Å². The minimum absolute atomic E-state index is 0.0989. The second-order valence-corrected chi connectivity index (χ2v) is 5.35. The third-order valence-corrected chi connectivity index (χ3v) is 3.46. The van der Waals surface area contributed by atoms with Crippen molar-refractivity contribution in [1.29, 1.82) is 5.26 Å². The quantitative estimate of drug-likeness (QED) is 0.294. The van der Waals surface area contributed by atoms with Gasteiger partial charge in [0.05, 0.1) is 0 Å². The Labute approximate surface area is 144 Å². The highest BCUT2D eigenvalue weighted by atomic mass is 16.2. The van der Waals surface area contributed by atoms with Crippen LogP contribution in [0.3, 0.4) is 0 Å². The minimum atomic E-state index is -0.311. The average molecular weight is 323 g/mol. The number of carbonyl (C=O) groups is 1. The van der Waals surface area contributed by atoms with Crippen molar-refractivity contribution in [1.82, 2.24) is 10.2 Å². The molecule has 0 spiro atoms. The molecule has 126 valence electrons. The van der Waals surface area contributed by atoms with E-state index in [-0.39, 0.29) is 11.5 Å². The number of carbonyl (C=O) groups excluding carboxylic acids is 1. The molecule has 0 aromatic heterocycles. The van der Waals surface area contributed by atoms with E-state index in [0.29, 0.717) is 13.1 Å². The number of aryl methyl sites for hydroxylation is 1. The molecule has 24 heavy (non-hydrogen) atoms. The van der Waals surface area contributed by atoms with Crippen LogP contribution in [0.1, 0.15) is 18.4 Å². The van der Waals surface area contributed by atoms with Crippen molar-refractivity contribution in [2.45, 2.75) is 19.3 Å². The monoisotopic (exact) mass is 323 g/mol. The van der Waals surface area contributed by atoms with Gasteiger partial charge in [0.1, 0.15) is 11.6 Å². The van der Waals surface area contributed by atoms with Gasteiger partial charge in [0, 0.05) is 25.8 Å². The van der Waals surface area contributed by atoms with E-state index < -0.39 is 0 Å². The van der Waals surface area contributed by atoms with Crippen molar-refractivity contribution in [3.05, 3.63) is 73.0 Å². The van der Waals surface area contributed by atoms with Crippen LogP contribution < -0.4 is 5.32 Å². The molecule has 0 radical (unpaired) electrons. The van der Waals surface area contributed by atoms with Crippen LogP contribution in [0.2, 0.25) is 0 Å². The first-order chi connectivity index (χ1) is 11.7. The Hall–Kier alpha value is -2.80. The van der Waals surface area contributed by atoms with Crippen LogP contribution in [0, 0.1) is 11.3 Å². The largest absolute Gasteiger partial charge is 0.390 e. The zero-order valence-electron chi connectivity index (χ0n) is 14.1. The van der Waals surface area contributed by atoms with Gasteiger partial charge in [-0.15, -0.1) is 13.2 Å². The summed E-state index contributed by atoms with van der Waals surface area (Å²) in [4.78, 5) is 13.8. The van der Waals surface area contributed by atoms with Crippen molar-refractivity contribution in [2.24, 2.45) is 0 Å². The van der Waals surface area contributed by atoms with Gasteiger partial charge in [-0.25, -0.2) is 0 Å². The number of rotatable bonds is 11. The molecule has 1 amide bonds. The fourth-order valence-electron chi connectivity index (χ4n) is 2.24. The summed E-state index contributed by atoms with van der Waals surface area (Å²) in [6.07, 6.45) is 7.83. The molecule has 0 saturated heterocycles. The molecule has 1 rings (SSSR count). The topological polar surface area (TPSA) is 56.1 Å². The molecule has 0 saturated carbocycles. The summed E-state index contributed by atoms with van der Waals surface area (Å²) in [5, 5.41) is 12.2. The zero-order valence-corrected chi connectivity index (χ0v) is 14.1. The van der Waals surface area contributed by atoms with Gasteiger partial charge in [0.2, 0.25) is 0 Å². The smallest absolute Gasteiger partial charge is 0.266 e. The van der Waals surface area contributed by atoms with Gasteiger partial charge in [0.25, 0.3) is 5.91 Å². The number of nitrogens with one attached hydrogen (secondary N) is 1. The Morgan fingerprint density at radius 1 is 1.17 bits per heavy atom. The van der Waals surface area contributed by atoms with E-state index >= 15 is 0 Å². The molecular weight excluding hydrogens is 298 g/mol. The van der Waals surface area contributed by atoms with Crippen LogP contribution in [-0.2, 0) is 11.2 Å². The van der Waals surface area contributed by atoms with Crippen LogP contribution in [0.25, 0.3) is 0 Å². The summed E-state index contributed by atoms with van der Waals surface area (Å²) in [5.74, 6) is -0.311. The van der Waals surface area contributed by atoms with E-state index in [1.807, 2.05) is 24.3 Å². The Morgan fingerprint density at radius 3 is 2.42 bits per heavy atom. The number of unbranched alkanes of at least 4 members (excludes halogenated alkanes) is 1. The fraction of sp³-hybridized carbons (Fsp3) is 0.300. The predicted octanol–water partition coefficient (Wildman–Crippen LogP) is 3.21. The summed E-state index contributed by atoms with van der Waals surface area (Å²) in [7, 11) is 0. The molecule has 0 atom stereocenters. The van der Waals surface area contributed by atoms with Gasteiger partial charge in [-0.05, 0) is 24.8 Å². The third-order valence-electron chi connectivity index (χ3n) is 3.46. The molecule has 0 unspecified atom stereocenters. The number of amides is 1. The van der Waals surface area contributed by atoms with E-state index in [0.717, 1.165) is 25.8 Å². The molecular formula is C20H25N3O. The molecule has 1 N–H and O–H groups in total. The molecule has 0 fully saturated rings. The number of hydrogen-bond donors (Lipinski definition) is 1. The zero-order chi connectivity index (χ0) is 17.6. The van der Waals surface area contributed by atoms with Gasteiger partial charge in [-0.3, -0.25) is 4.79 Å². The van der Waals surface area contributed by atoms with E-state index in [1.165, 1.54) is 16.7 Å². The number of hydrogen-bond acceptors (Lipinski definition) is 3. The lowest BCUT2D eigenvalue weighted by Gasteiger charge is -2.18. The molecule has 4 nitrogen and oxygen atoms in total. The summed E-state index contributed by atoms with van der Waals surface area (Å²) in [6, 6.07) is 12.3. The van der Waals surface area contributed by atoms with E-state index in [4.69, 9.17) is 0 Å². The van der Waals surface area contributed by atoms with Crippen LogP contribution in [0.5, 0.6) is 0 Å². The summed E-state index contributed by atoms with van der Waals surface area (Å²) in [6.45, 7) is 8.76. The SMILES string of the molecule is C=CCN(CC=C)C(=O)/C(C#N)=C\NCCCCc1ccccc1. The van der Waals surface area contributed by atoms with Gasteiger partial charge >= 0.3 is 0 Å². The van der Waals surface area contributed by atoms with Crippen LogP contribution in [0.15, 0.2) is 67.4 Å². The van der Waals surface area contributed by atoms with Gasteiger partial charge in [-0.1, -0.05) is 42.5 Å². The van der Waals surface area contributed by atoms with E-state index in [1.54, 1.807) is 12.2 Å². The van der Waals surface area contributed by atoms with Crippen molar-refractivity contribution in [3.8, 4) is 6.07 Å². The maximum atomic E-state index is 12.3. The predicted molar refractivity (Wildman–Crippen MR) is 98.1 cm³/mol. The maximum absolute atomic E-state index is 12.3. The molecule has 0 aliphatic carbocycles. The second kappa shape index (κ2) is 11.7. The first kappa shape index (κ1) is 19.2. The molecule has 0 heterocycles. The third kappa shape index (κ3) is 6.97. The maximum Gasteiger partial charge on any atom is 0.266 e. The molecule has 0 aliphatic heterocycles. The van der Waals surface area contributed by atoms with E-state index in [2.05, 4.69) is 30.6 Å². The lowest BCUT2D eigenvalue weighted by Crippen LogP contribution is -2.32. The summed E-state index contributed by atoms with van der Waals surface area (Å²) >= 11 is 0. The number of benzene rings is 1. The second-order valence-electron chi connectivity index (χ2n) is 5.35. The van der Waals surface area contributed by atoms with Gasteiger partial charge in [-0.2, -0.15) is 5.26 Å². The Morgan fingerprint density at radius 2 is 1.83 bits per heavy atom. The highest BCUT2D eigenvalue weighted by molar-refractivity contribution is 5.97. The standard InChI is InChI=1S/C20H25N3O/c1-3-14-23(15-4-2)20(24)19(16-21)17-22-13-9-8-12-18-10-6-5-7-11-18/h3-7,10-11,17,22H,1-2,8-9,12-15H2/b19-17-.